The average molecular weight is 373 g/mol. The maximum Gasteiger partial charge on any atom is 0.250 e. The van der Waals surface area contributed by atoms with Gasteiger partial charge in [0, 0.05) is 19.2 Å². The summed E-state index contributed by atoms with van der Waals surface area (Å²) in [5.74, 6) is -0.596. The summed E-state index contributed by atoms with van der Waals surface area (Å²) >= 11 is 0. The van der Waals surface area contributed by atoms with Crippen LogP contribution < -0.4 is 10.6 Å². The first-order valence-corrected chi connectivity index (χ1v) is 9.74. The molecule has 148 valence electrons. The minimum atomic E-state index is -0.864. The third-order valence-electron chi connectivity index (χ3n) is 5.45. The van der Waals surface area contributed by atoms with Gasteiger partial charge in [0.2, 0.25) is 17.7 Å². The summed E-state index contributed by atoms with van der Waals surface area (Å²) in [6, 6.07) is 5.90. The lowest BCUT2D eigenvalue weighted by Gasteiger charge is -2.45. The number of para-hydroxylation sites is 1. The van der Waals surface area contributed by atoms with E-state index in [2.05, 4.69) is 10.6 Å². The van der Waals surface area contributed by atoms with Crippen molar-refractivity contribution in [2.75, 3.05) is 18.4 Å². The Kier molecular flexibility index (Phi) is 6.99. The molecule has 0 saturated heterocycles. The smallest absolute Gasteiger partial charge is 0.250 e. The van der Waals surface area contributed by atoms with Crippen LogP contribution >= 0.6 is 0 Å². The van der Waals surface area contributed by atoms with Gasteiger partial charge in [-0.05, 0) is 44.7 Å². The van der Waals surface area contributed by atoms with Crippen LogP contribution in [-0.2, 0) is 14.4 Å². The van der Waals surface area contributed by atoms with E-state index in [9.17, 15) is 14.4 Å². The molecule has 0 radical (unpaired) electrons. The molecule has 6 heteroatoms. The highest BCUT2D eigenvalue weighted by molar-refractivity contribution is 6.02. The second kappa shape index (κ2) is 9.02. The van der Waals surface area contributed by atoms with Gasteiger partial charge in [-0.3, -0.25) is 14.4 Å². The van der Waals surface area contributed by atoms with Crippen LogP contribution in [0.1, 0.15) is 57.1 Å². The lowest BCUT2D eigenvalue weighted by molar-refractivity contribution is -0.147. The van der Waals surface area contributed by atoms with Gasteiger partial charge in [-0.2, -0.15) is 0 Å². The monoisotopic (exact) mass is 373 g/mol. The van der Waals surface area contributed by atoms with Gasteiger partial charge in [0.25, 0.3) is 0 Å². The zero-order chi connectivity index (χ0) is 20.0. The number of benzene rings is 1. The number of likely N-dealkylation sites (N-methyl/N-ethyl adjacent to an activating group) is 1. The molecule has 0 heterocycles. The van der Waals surface area contributed by atoms with Gasteiger partial charge in [-0.25, -0.2) is 0 Å². The highest BCUT2D eigenvalue weighted by atomic mass is 16.2. The van der Waals surface area contributed by atoms with E-state index in [0.29, 0.717) is 19.4 Å². The number of aryl methyl sites for hydroxylation is 2. The van der Waals surface area contributed by atoms with E-state index in [4.69, 9.17) is 0 Å². The Labute approximate surface area is 161 Å². The molecule has 1 aromatic carbocycles. The van der Waals surface area contributed by atoms with Crippen molar-refractivity contribution in [3.05, 3.63) is 29.3 Å². The number of amides is 3. The third-order valence-corrected chi connectivity index (χ3v) is 5.45. The molecule has 2 N–H and O–H groups in total. The van der Waals surface area contributed by atoms with E-state index in [-0.39, 0.29) is 24.3 Å². The van der Waals surface area contributed by atoms with Gasteiger partial charge in [0.05, 0.1) is 6.54 Å². The minimum Gasteiger partial charge on any atom is -0.347 e. The molecule has 1 aromatic rings. The van der Waals surface area contributed by atoms with Crippen LogP contribution in [0.25, 0.3) is 0 Å². The highest BCUT2D eigenvalue weighted by Crippen LogP contribution is 2.35. The number of hydrogen-bond donors (Lipinski definition) is 2. The van der Waals surface area contributed by atoms with Crippen molar-refractivity contribution in [3.63, 3.8) is 0 Å². The summed E-state index contributed by atoms with van der Waals surface area (Å²) in [4.78, 5) is 39.1. The molecule has 0 spiro atoms. The van der Waals surface area contributed by atoms with Crippen molar-refractivity contribution in [1.82, 2.24) is 10.2 Å². The number of anilines is 1. The Balaban J connectivity index is 2.32. The van der Waals surface area contributed by atoms with Gasteiger partial charge in [0.1, 0.15) is 5.54 Å². The maximum atomic E-state index is 13.4. The summed E-state index contributed by atoms with van der Waals surface area (Å²) in [5, 5.41) is 5.66. The Morgan fingerprint density at radius 1 is 1.07 bits per heavy atom. The summed E-state index contributed by atoms with van der Waals surface area (Å²) in [7, 11) is 0. The minimum absolute atomic E-state index is 0.0818. The summed E-state index contributed by atoms with van der Waals surface area (Å²) in [5.41, 5.74) is 1.96. The van der Waals surface area contributed by atoms with Gasteiger partial charge >= 0.3 is 0 Å². The van der Waals surface area contributed by atoms with Crippen LogP contribution in [0.2, 0.25) is 0 Å². The van der Waals surface area contributed by atoms with Crippen molar-refractivity contribution in [2.24, 2.45) is 0 Å². The number of carbonyl (C=O) groups excluding carboxylic acids is 3. The standard InChI is InChI=1S/C21H31N3O3/c1-5-24(18(26)14-22-17(4)25)21(12-7-6-8-13-21)20(27)23-19-15(2)10-9-11-16(19)3/h9-11H,5-8,12-14H2,1-4H3,(H,22,25)(H,23,27). The van der Waals surface area contributed by atoms with Crippen molar-refractivity contribution < 1.29 is 14.4 Å². The molecule has 1 aliphatic rings. The van der Waals surface area contributed by atoms with Crippen molar-refractivity contribution in [2.45, 2.75) is 65.3 Å². The van der Waals surface area contributed by atoms with Gasteiger partial charge in [-0.1, -0.05) is 37.5 Å². The second-order valence-corrected chi connectivity index (χ2v) is 7.36. The predicted molar refractivity (Wildman–Crippen MR) is 106 cm³/mol. The molecule has 1 saturated carbocycles. The SMILES string of the molecule is CCN(C(=O)CNC(C)=O)C1(C(=O)Nc2c(C)cccc2C)CCCCC1. The molecule has 1 fully saturated rings. The Bertz CT molecular complexity index is 688. The third kappa shape index (κ3) is 4.67. The number of nitrogens with zero attached hydrogens (tertiary/aromatic N) is 1. The largest absolute Gasteiger partial charge is 0.347 e. The first-order valence-electron chi connectivity index (χ1n) is 9.74. The van der Waals surface area contributed by atoms with Crippen LogP contribution in [0, 0.1) is 13.8 Å². The fourth-order valence-electron chi connectivity index (χ4n) is 4.01. The number of hydrogen-bond acceptors (Lipinski definition) is 3. The number of carbonyl (C=O) groups is 3. The van der Waals surface area contributed by atoms with E-state index in [1.807, 2.05) is 39.0 Å². The molecule has 0 bridgehead atoms. The second-order valence-electron chi connectivity index (χ2n) is 7.36. The van der Waals surface area contributed by atoms with E-state index < -0.39 is 5.54 Å². The predicted octanol–water partition coefficient (Wildman–Crippen LogP) is 2.93. The summed E-state index contributed by atoms with van der Waals surface area (Å²) in [6.45, 7) is 7.55. The van der Waals surface area contributed by atoms with Gasteiger partial charge < -0.3 is 15.5 Å². The molecule has 27 heavy (non-hydrogen) atoms. The molecule has 0 aromatic heterocycles. The van der Waals surface area contributed by atoms with Gasteiger partial charge in [-0.15, -0.1) is 0 Å². The van der Waals surface area contributed by atoms with E-state index in [1.54, 1.807) is 4.90 Å². The molecular formula is C21H31N3O3. The molecule has 6 nitrogen and oxygen atoms in total. The average Bonchev–Trinajstić information content (AvgIpc) is 2.64. The quantitative estimate of drug-likeness (QED) is 0.805. The summed E-state index contributed by atoms with van der Waals surface area (Å²) in [6.07, 6.45) is 4.16. The zero-order valence-electron chi connectivity index (χ0n) is 16.9. The molecule has 0 unspecified atom stereocenters. The first kappa shape index (κ1) is 20.9. The fourth-order valence-corrected chi connectivity index (χ4v) is 4.01. The maximum absolute atomic E-state index is 13.4. The zero-order valence-corrected chi connectivity index (χ0v) is 16.9. The Morgan fingerprint density at radius 3 is 2.19 bits per heavy atom. The van der Waals surface area contributed by atoms with Crippen LogP contribution in [0.3, 0.4) is 0 Å². The number of nitrogens with one attached hydrogen (secondary N) is 2. The van der Waals surface area contributed by atoms with Crippen LogP contribution in [0.4, 0.5) is 5.69 Å². The molecule has 0 atom stereocenters. The molecule has 1 aliphatic carbocycles. The Morgan fingerprint density at radius 2 is 1.67 bits per heavy atom. The summed E-state index contributed by atoms with van der Waals surface area (Å²) < 4.78 is 0. The lowest BCUT2D eigenvalue weighted by Crippen LogP contribution is -2.61. The van der Waals surface area contributed by atoms with E-state index in [0.717, 1.165) is 36.1 Å². The van der Waals surface area contributed by atoms with Crippen molar-refractivity contribution >= 4 is 23.4 Å². The fraction of sp³-hybridized carbons (Fsp3) is 0.571. The van der Waals surface area contributed by atoms with E-state index in [1.165, 1.54) is 6.92 Å². The molecule has 3 amide bonds. The van der Waals surface area contributed by atoms with E-state index >= 15 is 0 Å². The molecular weight excluding hydrogens is 342 g/mol. The highest BCUT2D eigenvalue weighted by Gasteiger charge is 2.46. The van der Waals surface area contributed by atoms with Crippen molar-refractivity contribution in [1.29, 1.82) is 0 Å². The first-order chi connectivity index (χ1) is 12.8. The van der Waals surface area contributed by atoms with Crippen molar-refractivity contribution in [3.8, 4) is 0 Å². The number of rotatable bonds is 6. The topological polar surface area (TPSA) is 78.5 Å². The lowest BCUT2D eigenvalue weighted by atomic mass is 9.79. The van der Waals surface area contributed by atoms with Crippen LogP contribution in [0.5, 0.6) is 0 Å². The molecule has 2 rings (SSSR count). The molecule has 0 aliphatic heterocycles. The Hall–Kier alpha value is -2.37. The normalized spacial score (nSPS) is 15.7. The van der Waals surface area contributed by atoms with Crippen LogP contribution in [0.15, 0.2) is 18.2 Å². The van der Waals surface area contributed by atoms with Gasteiger partial charge in [0.15, 0.2) is 0 Å². The van der Waals surface area contributed by atoms with Crippen LogP contribution in [-0.4, -0.2) is 41.2 Å².